The quantitative estimate of drug-likeness (QED) is 0.487. The lowest BCUT2D eigenvalue weighted by atomic mass is 9.45. The average molecular weight is 536 g/mol. The number of anilines is 1. The molecule has 1 aromatic carbocycles. The largest absolute Gasteiger partial charge is 0.390 e. The van der Waals surface area contributed by atoms with E-state index in [0.29, 0.717) is 17.1 Å². The highest BCUT2D eigenvalue weighted by Crippen LogP contribution is 2.70. The first-order chi connectivity index (χ1) is 17.4. The zero-order valence-electron chi connectivity index (χ0n) is 20.8. The van der Waals surface area contributed by atoms with Gasteiger partial charge in [0.05, 0.1) is 11.8 Å². The molecule has 3 N–H and O–H groups in total. The summed E-state index contributed by atoms with van der Waals surface area (Å²) in [5.41, 5.74) is -4.18. The summed E-state index contributed by atoms with van der Waals surface area (Å²) in [5, 5.41) is 33.6. The Morgan fingerprint density at radius 2 is 1.86 bits per heavy atom. The Kier molecular flexibility index (Phi) is 6.42. The molecule has 0 aliphatic heterocycles. The van der Waals surface area contributed by atoms with Crippen molar-refractivity contribution >= 4 is 28.9 Å². The second-order valence-corrected chi connectivity index (χ2v) is 12.0. The second-order valence-electron chi connectivity index (χ2n) is 11.6. The van der Waals surface area contributed by atoms with Crippen LogP contribution in [-0.2, 0) is 9.59 Å². The summed E-state index contributed by atoms with van der Waals surface area (Å²) in [6, 6.07) is 6.51. The molecule has 0 heterocycles. The van der Waals surface area contributed by atoms with Gasteiger partial charge in [0.15, 0.2) is 17.2 Å². The number of allylic oxidation sites excluding steroid dienone is 4. The van der Waals surface area contributed by atoms with Gasteiger partial charge < -0.3 is 10.2 Å². The highest BCUT2D eigenvalue weighted by Gasteiger charge is 2.73. The number of benzene rings is 1. The molecule has 0 bridgehead atoms. The van der Waals surface area contributed by atoms with E-state index in [4.69, 9.17) is 11.6 Å². The van der Waals surface area contributed by atoms with Crippen molar-refractivity contribution < 1.29 is 33.8 Å². The van der Waals surface area contributed by atoms with E-state index in [1.165, 1.54) is 19.1 Å². The number of hydrogen-bond acceptors (Lipinski definition) is 6. The summed E-state index contributed by atoms with van der Waals surface area (Å²) in [6.07, 6.45) is 0.691. The summed E-state index contributed by atoms with van der Waals surface area (Å²) in [7, 11) is 0. The smallest absolute Gasteiger partial charge is 0.178 e. The second kappa shape index (κ2) is 8.97. The Morgan fingerprint density at radius 1 is 1.19 bits per heavy atom. The van der Waals surface area contributed by atoms with Crippen LogP contribution in [0.5, 0.6) is 0 Å². The van der Waals surface area contributed by atoms with Crippen molar-refractivity contribution in [2.24, 2.45) is 34.5 Å². The number of rotatable bonds is 5. The van der Waals surface area contributed by atoms with Gasteiger partial charge in [0.1, 0.15) is 12.8 Å². The van der Waals surface area contributed by atoms with Crippen molar-refractivity contribution in [3.05, 3.63) is 53.1 Å². The van der Waals surface area contributed by atoms with Crippen LogP contribution in [0.1, 0.15) is 33.1 Å². The number of hydroxylamine groups is 1. The normalized spacial score (nSPS) is 42.5. The molecule has 37 heavy (non-hydrogen) atoms. The number of hydrogen-bond donors (Lipinski definition) is 3. The van der Waals surface area contributed by atoms with Gasteiger partial charge >= 0.3 is 0 Å². The lowest BCUT2D eigenvalue weighted by Crippen LogP contribution is -2.68. The van der Waals surface area contributed by atoms with Crippen molar-refractivity contribution in [3.63, 3.8) is 0 Å². The van der Waals surface area contributed by atoms with Crippen molar-refractivity contribution in [2.45, 2.75) is 51.1 Å². The van der Waals surface area contributed by atoms with Gasteiger partial charge in [-0.25, -0.2) is 8.78 Å². The molecule has 9 heteroatoms. The number of Topliss-reactive ketones (excluding diaryl/α,β-unsaturated/α-hetero) is 1. The van der Waals surface area contributed by atoms with E-state index in [-0.39, 0.29) is 25.0 Å². The Hall–Kier alpha value is -2.13. The minimum Gasteiger partial charge on any atom is -0.390 e. The van der Waals surface area contributed by atoms with E-state index in [9.17, 15) is 25.0 Å². The summed E-state index contributed by atoms with van der Waals surface area (Å²) in [6.45, 7) is 2.65. The van der Waals surface area contributed by atoms with Crippen LogP contribution in [0.15, 0.2) is 48.1 Å². The minimum absolute atomic E-state index is 0.0299. The summed E-state index contributed by atoms with van der Waals surface area (Å²) < 4.78 is 32.9. The maximum atomic E-state index is 17.3. The molecule has 4 aliphatic rings. The zero-order valence-corrected chi connectivity index (χ0v) is 21.5. The number of carbonyl (C=O) groups excluding carboxylic acids is 2. The predicted octanol–water partition coefficient (Wildman–Crippen LogP) is 4.26. The summed E-state index contributed by atoms with van der Waals surface area (Å²) in [4.78, 5) is 25.1. The standard InChI is InChI=1S/C28H32ClF2NO5/c1-26-12-24(36)28(31)20(11-22(30)21-10-18(34)7-8-27(21,28)2)19(26)9-15(25(26)23(35)14-33)13-32(37)17-5-3-16(29)4-6-17/h3-8,10,15,19-20,22,24-25,33,36-37H,9,11-14H2,1-2H3/t15-,19?,20-,22-,24-,25+,26-,27-,28-/m0/s1. The third-order valence-electron chi connectivity index (χ3n) is 9.84. The molecule has 1 unspecified atom stereocenters. The van der Waals surface area contributed by atoms with Crippen LogP contribution in [0, 0.1) is 34.5 Å². The van der Waals surface area contributed by atoms with Crippen LogP contribution < -0.4 is 5.06 Å². The molecule has 3 fully saturated rings. The molecule has 0 saturated heterocycles. The fourth-order valence-corrected chi connectivity index (χ4v) is 8.36. The molecular formula is C28H32ClF2NO5. The van der Waals surface area contributed by atoms with Crippen molar-refractivity contribution in [1.29, 1.82) is 0 Å². The van der Waals surface area contributed by atoms with Crippen LogP contribution >= 0.6 is 11.6 Å². The number of aliphatic hydroxyl groups excluding tert-OH is 2. The third-order valence-corrected chi connectivity index (χ3v) is 10.1. The van der Waals surface area contributed by atoms with Gasteiger partial charge in [0, 0.05) is 28.8 Å². The number of alkyl halides is 2. The maximum absolute atomic E-state index is 17.3. The highest BCUT2D eigenvalue weighted by atomic mass is 35.5. The molecule has 4 aliphatic carbocycles. The van der Waals surface area contributed by atoms with Gasteiger partial charge in [0.2, 0.25) is 0 Å². The van der Waals surface area contributed by atoms with Crippen LogP contribution in [0.2, 0.25) is 5.02 Å². The lowest BCUT2D eigenvalue weighted by Gasteiger charge is -2.62. The van der Waals surface area contributed by atoms with E-state index >= 15 is 8.78 Å². The minimum atomic E-state index is -2.25. The molecule has 200 valence electrons. The number of fused-ring (bicyclic) bond motifs is 5. The Bertz CT molecular complexity index is 1170. The van der Waals surface area contributed by atoms with E-state index in [0.717, 1.165) is 11.1 Å². The van der Waals surface area contributed by atoms with Crippen LogP contribution in [0.4, 0.5) is 14.5 Å². The molecule has 0 aromatic heterocycles. The maximum Gasteiger partial charge on any atom is 0.178 e. The van der Waals surface area contributed by atoms with Crippen molar-refractivity contribution in [1.82, 2.24) is 0 Å². The fourth-order valence-electron chi connectivity index (χ4n) is 8.24. The van der Waals surface area contributed by atoms with E-state index in [2.05, 4.69) is 0 Å². The van der Waals surface area contributed by atoms with Crippen molar-refractivity contribution in [2.75, 3.05) is 18.2 Å². The number of nitrogens with zero attached hydrogens (tertiary/aromatic N) is 1. The first kappa shape index (κ1) is 26.5. The van der Waals surface area contributed by atoms with E-state index in [1.54, 1.807) is 24.3 Å². The molecule has 5 rings (SSSR count). The number of aliphatic hydroxyl groups is 2. The molecule has 6 nitrogen and oxygen atoms in total. The van der Waals surface area contributed by atoms with Gasteiger partial charge in [-0.2, -0.15) is 0 Å². The number of ketones is 2. The molecule has 0 radical (unpaired) electrons. The molecule has 0 spiro atoms. The zero-order chi connectivity index (χ0) is 26.9. The summed E-state index contributed by atoms with van der Waals surface area (Å²) >= 11 is 5.95. The fraction of sp³-hybridized carbons (Fsp3) is 0.571. The SMILES string of the molecule is C[C@]12C[C@H](O)[C@@]3(F)[C@@H](C[C@H](F)C4=CC(=O)C=C[C@@]43C)C1C[C@@H](CN(O)c1ccc(Cl)cc1)[C@@H]2C(=O)CO. The first-order valence-electron chi connectivity index (χ1n) is 12.7. The van der Waals surface area contributed by atoms with Gasteiger partial charge in [-0.1, -0.05) is 24.6 Å². The number of carbonyl (C=O) groups is 2. The van der Waals surface area contributed by atoms with Gasteiger partial charge in [-0.05, 0) is 85.4 Å². The van der Waals surface area contributed by atoms with Gasteiger partial charge in [-0.15, -0.1) is 0 Å². The molecule has 1 aromatic rings. The molecule has 0 amide bonds. The summed E-state index contributed by atoms with van der Waals surface area (Å²) in [5.74, 6) is -3.52. The Balaban J connectivity index is 1.54. The molecular weight excluding hydrogens is 504 g/mol. The van der Waals surface area contributed by atoms with Crippen molar-refractivity contribution in [3.8, 4) is 0 Å². The average Bonchev–Trinajstić information content (AvgIpc) is 3.13. The third kappa shape index (κ3) is 3.74. The molecule has 9 atom stereocenters. The van der Waals surface area contributed by atoms with E-state index < -0.39 is 70.6 Å². The topological polar surface area (TPSA) is 98.1 Å². The van der Waals surface area contributed by atoms with E-state index in [1.807, 2.05) is 6.92 Å². The molecule has 3 saturated carbocycles. The Labute approximate surface area is 219 Å². The van der Waals surface area contributed by atoms with Crippen LogP contribution in [-0.4, -0.2) is 58.1 Å². The monoisotopic (exact) mass is 535 g/mol. The van der Waals surface area contributed by atoms with Crippen LogP contribution in [0.3, 0.4) is 0 Å². The lowest BCUT2D eigenvalue weighted by molar-refractivity contribution is -0.202. The van der Waals surface area contributed by atoms with Gasteiger partial charge in [-0.3, -0.25) is 19.9 Å². The first-order valence-corrected chi connectivity index (χ1v) is 13.1. The van der Waals surface area contributed by atoms with Gasteiger partial charge in [0.25, 0.3) is 0 Å². The predicted molar refractivity (Wildman–Crippen MR) is 134 cm³/mol. The van der Waals surface area contributed by atoms with Crippen LogP contribution in [0.25, 0.3) is 0 Å². The number of halogens is 3. The highest BCUT2D eigenvalue weighted by molar-refractivity contribution is 6.30. The Morgan fingerprint density at radius 3 is 2.51 bits per heavy atom.